The Morgan fingerprint density at radius 3 is 2.78 bits per heavy atom. The topological polar surface area (TPSA) is 99.9 Å². The molecule has 0 saturated carbocycles. The Balaban J connectivity index is 1.92. The summed E-state index contributed by atoms with van der Waals surface area (Å²) >= 11 is 0. The van der Waals surface area contributed by atoms with E-state index in [1.165, 1.54) is 6.26 Å². The highest BCUT2D eigenvalue weighted by molar-refractivity contribution is 5.91. The van der Waals surface area contributed by atoms with Crippen molar-refractivity contribution >= 4 is 17.8 Å². The Labute approximate surface area is 134 Å². The maximum atomic E-state index is 12.3. The zero-order chi connectivity index (χ0) is 17.0. The molecule has 0 bridgehead atoms. The van der Waals surface area contributed by atoms with Gasteiger partial charge in [-0.15, -0.1) is 0 Å². The third-order valence-corrected chi connectivity index (χ3v) is 3.83. The van der Waals surface area contributed by atoms with E-state index < -0.39 is 17.9 Å². The lowest BCUT2D eigenvalue weighted by molar-refractivity contribution is -0.142. The van der Waals surface area contributed by atoms with Crippen LogP contribution in [0.3, 0.4) is 0 Å². The van der Waals surface area contributed by atoms with Gasteiger partial charge in [0.15, 0.2) is 0 Å². The van der Waals surface area contributed by atoms with Crippen LogP contribution in [-0.2, 0) is 20.9 Å². The highest BCUT2D eigenvalue weighted by Gasteiger charge is 2.36. The van der Waals surface area contributed by atoms with E-state index >= 15 is 0 Å². The molecule has 0 spiro atoms. The molecule has 7 heteroatoms. The molecule has 0 radical (unpaired) electrons. The van der Waals surface area contributed by atoms with Gasteiger partial charge < -0.3 is 19.7 Å². The Morgan fingerprint density at radius 1 is 1.48 bits per heavy atom. The van der Waals surface area contributed by atoms with Gasteiger partial charge in [0, 0.05) is 13.0 Å². The first kappa shape index (κ1) is 17.1. The molecule has 0 aliphatic carbocycles. The molecule has 1 aromatic heterocycles. The van der Waals surface area contributed by atoms with E-state index in [1.54, 1.807) is 17.0 Å². The molecular weight excluding hydrogens is 300 g/mol. The minimum atomic E-state index is -1.05. The van der Waals surface area contributed by atoms with Crippen LogP contribution in [0.5, 0.6) is 0 Å². The second-order valence-electron chi connectivity index (χ2n) is 6.28. The molecule has 2 unspecified atom stereocenters. The normalized spacial score (nSPS) is 19.2. The highest BCUT2D eigenvalue weighted by Crippen LogP contribution is 2.21. The van der Waals surface area contributed by atoms with E-state index in [0.29, 0.717) is 18.7 Å². The average molecular weight is 322 g/mol. The number of aliphatic carboxylic acids is 1. The average Bonchev–Trinajstić information content (AvgIpc) is 3.08. The third kappa shape index (κ3) is 4.58. The van der Waals surface area contributed by atoms with Crippen molar-refractivity contribution < 1.29 is 23.9 Å². The highest BCUT2D eigenvalue weighted by atomic mass is 16.4. The lowest BCUT2D eigenvalue weighted by atomic mass is 10.0. The molecule has 2 rings (SSSR count). The molecule has 2 amide bonds. The van der Waals surface area contributed by atoms with Crippen molar-refractivity contribution in [3.63, 3.8) is 0 Å². The smallest absolute Gasteiger partial charge is 0.326 e. The van der Waals surface area contributed by atoms with Gasteiger partial charge >= 0.3 is 5.97 Å². The number of carbonyl (C=O) groups excluding carboxylic acids is 2. The van der Waals surface area contributed by atoms with E-state index in [2.05, 4.69) is 5.32 Å². The lowest BCUT2D eigenvalue weighted by Crippen LogP contribution is -2.44. The number of furan rings is 1. The molecule has 1 aliphatic heterocycles. The van der Waals surface area contributed by atoms with Crippen LogP contribution in [0.15, 0.2) is 22.8 Å². The Bertz CT molecular complexity index is 567. The molecule has 23 heavy (non-hydrogen) atoms. The van der Waals surface area contributed by atoms with Gasteiger partial charge in [0.2, 0.25) is 11.8 Å². The van der Waals surface area contributed by atoms with Crippen molar-refractivity contribution in [1.29, 1.82) is 0 Å². The fourth-order valence-corrected chi connectivity index (χ4v) is 2.67. The van der Waals surface area contributed by atoms with E-state index in [4.69, 9.17) is 4.42 Å². The Kier molecular flexibility index (Phi) is 5.41. The number of nitrogens with one attached hydrogen (secondary N) is 1. The minimum Gasteiger partial charge on any atom is -0.480 e. The van der Waals surface area contributed by atoms with Crippen LogP contribution in [0.1, 0.15) is 32.4 Å². The second-order valence-corrected chi connectivity index (χ2v) is 6.28. The van der Waals surface area contributed by atoms with E-state index in [9.17, 15) is 19.5 Å². The maximum Gasteiger partial charge on any atom is 0.326 e. The number of carboxylic acid groups (broad SMARTS) is 1. The third-order valence-electron chi connectivity index (χ3n) is 3.83. The van der Waals surface area contributed by atoms with Crippen LogP contribution in [0.25, 0.3) is 0 Å². The van der Waals surface area contributed by atoms with E-state index in [-0.39, 0.29) is 30.7 Å². The van der Waals surface area contributed by atoms with Gasteiger partial charge in [0.1, 0.15) is 11.8 Å². The number of likely N-dealkylation sites (tertiary alicyclic amines) is 1. The van der Waals surface area contributed by atoms with E-state index in [0.717, 1.165) is 0 Å². The number of hydrogen-bond acceptors (Lipinski definition) is 4. The summed E-state index contributed by atoms with van der Waals surface area (Å²) in [5.41, 5.74) is 0. The SMILES string of the molecule is CC(C)CC(NC(=O)C1CC(=O)N(Cc2ccco2)C1)C(=O)O. The van der Waals surface area contributed by atoms with Gasteiger partial charge in [0.05, 0.1) is 18.7 Å². The number of amides is 2. The minimum absolute atomic E-state index is 0.0978. The number of carbonyl (C=O) groups is 3. The van der Waals surface area contributed by atoms with Gasteiger partial charge in [-0.2, -0.15) is 0 Å². The van der Waals surface area contributed by atoms with Gasteiger partial charge in [-0.25, -0.2) is 4.79 Å². The predicted molar refractivity (Wildman–Crippen MR) is 81.3 cm³/mol. The van der Waals surface area contributed by atoms with Gasteiger partial charge in [-0.3, -0.25) is 9.59 Å². The van der Waals surface area contributed by atoms with Crippen LogP contribution in [-0.4, -0.2) is 40.4 Å². The monoisotopic (exact) mass is 322 g/mol. The summed E-state index contributed by atoms with van der Waals surface area (Å²) in [6.45, 7) is 4.39. The Morgan fingerprint density at radius 2 is 2.22 bits per heavy atom. The summed E-state index contributed by atoms with van der Waals surface area (Å²) in [5.74, 6) is -1.28. The summed E-state index contributed by atoms with van der Waals surface area (Å²) in [4.78, 5) is 37.0. The van der Waals surface area contributed by atoms with Crippen molar-refractivity contribution in [2.45, 2.75) is 39.3 Å². The molecule has 2 heterocycles. The molecule has 1 fully saturated rings. The van der Waals surface area contributed by atoms with Crippen molar-refractivity contribution in [1.82, 2.24) is 10.2 Å². The zero-order valence-corrected chi connectivity index (χ0v) is 13.3. The standard InChI is InChI=1S/C16H22N2O5/c1-10(2)6-13(16(21)22)17-15(20)11-7-14(19)18(8-11)9-12-4-3-5-23-12/h3-5,10-11,13H,6-9H2,1-2H3,(H,17,20)(H,21,22). The van der Waals surface area contributed by atoms with Crippen LogP contribution in [0.2, 0.25) is 0 Å². The number of hydrogen-bond donors (Lipinski definition) is 2. The molecule has 126 valence electrons. The molecule has 7 nitrogen and oxygen atoms in total. The van der Waals surface area contributed by atoms with Crippen LogP contribution < -0.4 is 5.32 Å². The summed E-state index contributed by atoms with van der Waals surface area (Å²) in [6, 6.07) is 2.59. The first-order chi connectivity index (χ1) is 10.9. The van der Waals surface area contributed by atoms with Crippen LogP contribution >= 0.6 is 0 Å². The van der Waals surface area contributed by atoms with Crippen molar-refractivity contribution in [2.24, 2.45) is 11.8 Å². The largest absolute Gasteiger partial charge is 0.480 e. The lowest BCUT2D eigenvalue weighted by Gasteiger charge is -2.19. The van der Waals surface area contributed by atoms with Crippen LogP contribution in [0, 0.1) is 11.8 Å². The summed E-state index contributed by atoms with van der Waals surface area (Å²) in [7, 11) is 0. The quantitative estimate of drug-likeness (QED) is 0.787. The fraction of sp³-hybridized carbons (Fsp3) is 0.562. The summed E-state index contributed by atoms with van der Waals surface area (Å²) in [5, 5.41) is 11.7. The zero-order valence-electron chi connectivity index (χ0n) is 13.3. The van der Waals surface area contributed by atoms with Crippen molar-refractivity contribution in [2.75, 3.05) is 6.54 Å². The maximum absolute atomic E-state index is 12.3. The molecule has 1 aliphatic rings. The molecule has 2 atom stereocenters. The predicted octanol–water partition coefficient (Wildman–Crippen LogP) is 1.24. The number of nitrogens with zero attached hydrogens (tertiary/aromatic N) is 1. The van der Waals surface area contributed by atoms with Gasteiger partial charge in [-0.1, -0.05) is 13.8 Å². The Hall–Kier alpha value is -2.31. The second kappa shape index (κ2) is 7.30. The van der Waals surface area contributed by atoms with Crippen LogP contribution in [0.4, 0.5) is 0 Å². The first-order valence-electron chi connectivity index (χ1n) is 7.70. The van der Waals surface area contributed by atoms with Gasteiger partial charge in [0.25, 0.3) is 0 Å². The molecule has 0 aromatic carbocycles. The molecular formula is C16H22N2O5. The number of carboxylic acids is 1. The number of rotatable bonds is 7. The molecule has 1 aromatic rings. The summed E-state index contributed by atoms with van der Waals surface area (Å²) < 4.78 is 5.21. The fourth-order valence-electron chi connectivity index (χ4n) is 2.67. The first-order valence-corrected chi connectivity index (χ1v) is 7.70. The molecule has 1 saturated heterocycles. The van der Waals surface area contributed by atoms with E-state index in [1.807, 2.05) is 13.8 Å². The van der Waals surface area contributed by atoms with Crippen molar-refractivity contribution in [3.05, 3.63) is 24.2 Å². The van der Waals surface area contributed by atoms with Crippen molar-refractivity contribution in [3.8, 4) is 0 Å². The molecule has 2 N–H and O–H groups in total. The summed E-state index contributed by atoms with van der Waals surface area (Å²) in [6.07, 6.45) is 1.99. The van der Waals surface area contributed by atoms with Gasteiger partial charge in [-0.05, 0) is 24.5 Å².